The van der Waals surface area contributed by atoms with Gasteiger partial charge in [-0.25, -0.2) is 4.39 Å². The molecule has 0 aromatic heterocycles. The number of hydrogen-bond donors (Lipinski definition) is 0. The molecule has 2 aromatic rings. The summed E-state index contributed by atoms with van der Waals surface area (Å²) in [5, 5.41) is 0. The van der Waals surface area contributed by atoms with Crippen LogP contribution < -0.4 is 0 Å². The van der Waals surface area contributed by atoms with Crippen LogP contribution in [0.15, 0.2) is 54.6 Å². The van der Waals surface area contributed by atoms with E-state index in [0.29, 0.717) is 0 Å². The Balaban J connectivity index is 2.19. The highest BCUT2D eigenvalue weighted by Crippen LogP contribution is 2.10. The molecule has 14 heavy (non-hydrogen) atoms. The first kappa shape index (κ1) is 8.95. The van der Waals surface area contributed by atoms with Gasteiger partial charge in [0.15, 0.2) is 0 Å². The summed E-state index contributed by atoms with van der Waals surface area (Å²) in [4.78, 5) is 0. The lowest BCUT2D eigenvalue weighted by atomic mass is 10.1. The second-order valence-corrected chi connectivity index (χ2v) is 3.29. The van der Waals surface area contributed by atoms with E-state index >= 15 is 0 Å². The molecule has 0 heterocycles. The van der Waals surface area contributed by atoms with Crippen molar-refractivity contribution in [2.75, 3.05) is 0 Å². The standard InChI is InChI=1S/C13H11F/c14-13-8-4-7-12(10-13)9-11-5-2-1-3-6-11/h1-8,10H,9H2. The van der Waals surface area contributed by atoms with E-state index in [1.54, 1.807) is 12.1 Å². The molecule has 0 fully saturated rings. The van der Waals surface area contributed by atoms with Crippen molar-refractivity contribution < 1.29 is 4.39 Å². The molecule has 0 nitrogen and oxygen atoms in total. The second-order valence-electron chi connectivity index (χ2n) is 3.29. The van der Waals surface area contributed by atoms with Crippen LogP contribution in [0.5, 0.6) is 0 Å². The topological polar surface area (TPSA) is 0 Å². The Morgan fingerprint density at radius 3 is 2.21 bits per heavy atom. The van der Waals surface area contributed by atoms with Crippen molar-refractivity contribution in [3.63, 3.8) is 0 Å². The molecule has 0 radical (unpaired) electrons. The summed E-state index contributed by atoms with van der Waals surface area (Å²) >= 11 is 0. The van der Waals surface area contributed by atoms with Crippen molar-refractivity contribution in [2.45, 2.75) is 6.42 Å². The largest absolute Gasteiger partial charge is 0.207 e. The van der Waals surface area contributed by atoms with Gasteiger partial charge in [0.1, 0.15) is 5.82 Å². The number of benzene rings is 2. The third-order valence-corrected chi connectivity index (χ3v) is 2.14. The quantitative estimate of drug-likeness (QED) is 0.674. The van der Waals surface area contributed by atoms with Crippen LogP contribution in [0.3, 0.4) is 0 Å². The third kappa shape index (κ3) is 2.19. The summed E-state index contributed by atoms with van der Waals surface area (Å²) in [7, 11) is 0. The molecule has 0 unspecified atom stereocenters. The summed E-state index contributed by atoms with van der Waals surface area (Å²) in [5.74, 6) is -0.168. The Kier molecular flexibility index (Phi) is 2.59. The molecule has 0 N–H and O–H groups in total. The van der Waals surface area contributed by atoms with E-state index in [1.807, 2.05) is 36.4 Å². The minimum Gasteiger partial charge on any atom is -0.207 e. The Morgan fingerprint density at radius 1 is 0.786 bits per heavy atom. The summed E-state index contributed by atoms with van der Waals surface area (Å²) in [5.41, 5.74) is 2.22. The minimum absolute atomic E-state index is 0.168. The van der Waals surface area contributed by atoms with E-state index in [2.05, 4.69) is 0 Å². The lowest BCUT2D eigenvalue weighted by Gasteiger charge is -2.01. The van der Waals surface area contributed by atoms with Gasteiger partial charge in [0.25, 0.3) is 0 Å². The molecule has 0 saturated heterocycles. The summed E-state index contributed by atoms with van der Waals surface area (Å²) in [6.45, 7) is 0. The molecular formula is C13H11F. The zero-order valence-corrected chi connectivity index (χ0v) is 7.78. The van der Waals surface area contributed by atoms with E-state index < -0.39 is 0 Å². The van der Waals surface area contributed by atoms with Gasteiger partial charge < -0.3 is 0 Å². The summed E-state index contributed by atoms with van der Waals surface area (Å²) in [6.07, 6.45) is 0.790. The predicted octanol–water partition coefficient (Wildman–Crippen LogP) is 3.42. The smallest absolute Gasteiger partial charge is 0.123 e. The highest BCUT2D eigenvalue weighted by atomic mass is 19.1. The van der Waals surface area contributed by atoms with Crippen LogP contribution in [0.2, 0.25) is 0 Å². The first-order valence-corrected chi connectivity index (χ1v) is 4.63. The lowest BCUT2D eigenvalue weighted by Crippen LogP contribution is -1.87. The van der Waals surface area contributed by atoms with Crippen LogP contribution in [-0.4, -0.2) is 0 Å². The molecule has 0 aliphatic carbocycles. The lowest BCUT2D eigenvalue weighted by molar-refractivity contribution is 0.626. The SMILES string of the molecule is Fc1cccc(Cc2ccccc2)c1. The molecule has 1 heteroatoms. The molecule has 0 aliphatic rings. The first-order valence-electron chi connectivity index (χ1n) is 4.63. The van der Waals surface area contributed by atoms with Crippen molar-refractivity contribution in [2.24, 2.45) is 0 Å². The Morgan fingerprint density at radius 2 is 1.50 bits per heavy atom. The number of rotatable bonds is 2. The van der Waals surface area contributed by atoms with E-state index in [4.69, 9.17) is 0 Å². The Hall–Kier alpha value is -1.63. The Bertz CT molecular complexity index is 407. The normalized spacial score (nSPS) is 10.1. The zero-order valence-electron chi connectivity index (χ0n) is 7.78. The van der Waals surface area contributed by atoms with Crippen LogP contribution in [0.4, 0.5) is 4.39 Å². The molecule has 0 atom stereocenters. The van der Waals surface area contributed by atoms with Gasteiger partial charge in [-0.2, -0.15) is 0 Å². The highest BCUT2D eigenvalue weighted by molar-refractivity contribution is 5.26. The number of halogens is 1. The van der Waals surface area contributed by atoms with Crippen molar-refractivity contribution in [1.82, 2.24) is 0 Å². The molecular weight excluding hydrogens is 175 g/mol. The van der Waals surface area contributed by atoms with E-state index in [-0.39, 0.29) is 5.82 Å². The maximum absolute atomic E-state index is 12.9. The fraction of sp³-hybridized carbons (Fsp3) is 0.0769. The van der Waals surface area contributed by atoms with Gasteiger partial charge in [0.2, 0.25) is 0 Å². The van der Waals surface area contributed by atoms with Crippen LogP contribution in [0.25, 0.3) is 0 Å². The monoisotopic (exact) mass is 186 g/mol. The third-order valence-electron chi connectivity index (χ3n) is 2.14. The van der Waals surface area contributed by atoms with Gasteiger partial charge in [0.05, 0.1) is 0 Å². The van der Waals surface area contributed by atoms with Gasteiger partial charge >= 0.3 is 0 Å². The molecule has 2 rings (SSSR count). The van der Waals surface area contributed by atoms with Crippen LogP contribution in [-0.2, 0) is 6.42 Å². The van der Waals surface area contributed by atoms with Gasteiger partial charge in [-0.3, -0.25) is 0 Å². The Labute approximate surface area is 83.0 Å². The first-order chi connectivity index (χ1) is 6.84. The van der Waals surface area contributed by atoms with Gasteiger partial charge in [-0.1, -0.05) is 42.5 Å². The van der Waals surface area contributed by atoms with E-state index in [9.17, 15) is 4.39 Å². The average Bonchev–Trinajstić information content (AvgIpc) is 2.19. The summed E-state index contributed by atoms with van der Waals surface area (Å²) in [6, 6.07) is 16.8. The zero-order chi connectivity index (χ0) is 9.80. The average molecular weight is 186 g/mol. The molecule has 70 valence electrons. The van der Waals surface area contributed by atoms with E-state index in [0.717, 1.165) is 12.0 Å². The van der Waals surface area contributed by atoms with Crippen molar-refractivity contribution >= 4 is 0 Å². The summed E-state index contributed by atoms with van der Waals surface area (Å²) < 4.78 is 12.9. The molecule has 0 saturated carbocycles. The highest BCUT2D eigenvalue weighted by Gasteiger charge is 1.96. The van der Waals surface area contributed by atoms with E-state index in [1.165, 1.54) is 11.6 Å². The van der Waals surface area contributed by atoms with Gasteiger partial charge in [-0.15, -0.1) is 0 Å². The minimum atomic E-state index is -0.168. The molecule has 0 amide bonds. The maximum atomic E-state index is 12.9. The fourth-order valence-electron chi connectivity index (χ4n) is 1.48. The van der Waals surface area contributed by atoms with Crippen LogP contribution in [0.1, 0.15) is 11.1 Å². The van der Waals surface area contributed by atoms with Crippen LogP contribution in [0, 0.1) is 5.82 Å². The second kappa shape index (κ2) is 4.05. The van der Waals surface area contributed by atoms with Crippen molar-refractivity contribution in [3.05, 3.63) is 71.5 Å². The molecule has 0 spiro atoms. The maximum Gasteiger partial charge on any atom is 0.123 e. The van der Waals surface area contributed by atoms with Gasteiger partial charge in [-0.05, 0) is 29.7 Å². The number of hydrogen-bond acceptors (Lipinski definition) is 0. The molecule has 0 bridgehead atoms. The van der Waals surface area contributed by atoms with Crippen molar-refractivity contribution in [3.8, 4) is 0 Å². The van der Waals surface area contributed by atoms with Crippen LogP contribution >= 0.6 is 0 Å². The van der Waals surface area contributed by atoms with Gasteiger partial charge in [0, 0.05) is 0 Å². The molecule has 0 aliphatic heterocycles. The molecule has 2 aromatic carbocycles. The fourth-order valence-corrected chi connectivity index (χ4v) is 1.48. The van der Waals surface area contributed by atoms with Crippen molar-refractivity contribution in [1.29, 1.82) is 0 Å². The predicted molar refractivity (Wildman–Crippen MR) is 55.6 cm³/mol.